The second-order valence-electron chi connectivity index (χ2n) is 17.3. The lowest BCUT2D eigenvalue weighted by Crippen LogP contribution is -2.46. The van der Waals surface area contributed by atoms with Crippen LogP contribution in [0.15, 0.2) is 37.4 Å². The van der Waals surface area contributed by atoms with Gasteiger partial charge in [-0.25, -0.2) is 14.5 Å². The number of hydrogen-bond donors (Lipinski definition) is 0. The lowest BCUT2D eigenvalue weighted by Gasteiger charge is -2.35. The zero-order valence-corrected chi connectivity index (χ0v) is 29.3. The molecule has 0 aliphatic carbocycles. The van der Waals surface area contributed by atoms with Crippen LogP contribution in [0, 0.1) is 0 Å². The van der Waals surface area contributed by atoms with Crippen molar-refractivity contribution in [1.29, 1.82) is 0 Å². The van der Waals surface area contributed by atoms with Gasteiger partial charge >= 0.3 is 0 Å². The lowest BCUT2D eigenvalue weighted by atomic mass is 9.69. The van der Waals surface area contributed by atoms with Crippen molar-refractivity contribution < 1.29 is 4.57 Å². The van der Waals surface area contributed by atoms with Gasteiger partial charge in [0.2, 0.25) is 0 Å². The van der Waals surface area contributed by atoms with Gasteiger partial charge in [-0.3, -0.25) is 0 Å². The van der Waals surface area contributed by atoms with Crippen molar-refractivity contribution in [2.45, 2.75) is 156 Å². The number of aromatic nitrogens is 6. The molecule has 0 spiro atoms. The predicted octanol–water partition coefficient (Wildman–Crippen LogP) is 7.86. The molecule has 0 radical (unpaired) electrons. The smallest absolute Gasteiger partial charge is 0.244 e. The van der Waals surface area contributed by atoms with E-state index in [0.717, 1.165) is 25.1 Å². The van der Waals surface area contributed by atoms with Gasteiger partial charge in [0.1, 0.15) is 6.33 Å². The molecule has 6 heteroatoms. The molecule has 0 aromatic carbocycles. The van der Waals surface area contributed by atoms with Crippen molar-refractivity contribution in [3.8, 4) is 0 Å². The fourth-order valence-electron chi connectivity index (χ4n) is 5.96. The van der Waals surface area contributed by atoms with Crippen molar-refractivity contribution in [1.82, 2.24) is 25.1 Å². The Morgan fingerprint density at radius 3 is 1.55 bits per heavy atom. The average molecular weight is 574 g/mol. The van der Waals surface area contributed by atoms with Crippen LogP contribution < -0.4 is 4.57 Å². The summed E-state index contributed by atoms with van der Waals surface area (Å²) in [6.45, 7) is 35.0. The first kappa shape index (κ1) is 33.7. The van der Waals surface area contributed by atoms with E-state index in [2.05, 4.69) is 130 Å². The van der Waals surface area contributed by atoms with Crippen LogP contribution in [0.2, 0.25) is 0 Å². The molecular formula is C36H57N6+. The molecule has 6 nitrogen and oxygen atoms in total. The summed E-state index contributed by atoms with van der Waals surface area (Å²) >= 11 is 0. The summed E-state index contributed by atoms with van der Waals surface area (Å²) in [5.41, 5.74) is 6.89. The van der Waals surface area contributed by atoms with Crippen molar-refractivity contribution in [3.63, 3.8) is 0 Å². The van der Waals surface area contributed by atoms with Gasteiger partial charge < -0.3 is 0 Å². The highest BCUT2D eigenvalue weighted by Crippen LogP contribution is 2.41. The van der Waals surface area contributed by atoms with Crippen LogP contribution in [0.1, 0.15) is 150 Å². The van der Waals surface area contributed by atoms with Crippen molar-refractivity contribution in [2.24, 2.45) is 0 Å². The van der Waals surface area contributed by atoms with E-state index in [1.165, 1.54) is 27.9 Å². The van der Waals surface area contributed by atoms with Gasteiger partial charge in [-0.05, 0) is 40.2 Å². The van der Waals surface area contributed by atoms with E-state index in [9.17, 15) is 0 Å². The van der Waals surface area contributed by atoms with Crippen LogP contribution in [0.25, 0.3) is 0 Å². The highest BCUT2D eigenvalue weighted by molar-refractivity contribution is 5.35. The quantitative estimate of drug-likeness (QED) is 0.257. The van der Waals surface area contributed by atoms with E-state index in [4.69, 9.17) is 9.97 Å². The first-order valence-electron chi connectivity index (χ1n) is 15.5. The van der Waals surface area contributed by atoms with Crippen LogP contribution in [-0.4, -0.2) is 25.1 Å². The maximum absolute atomic E-state index is 5.13. The molecule has 0 N–H and O–H groups in total. The third kappa shape index (κ3) is 7.60. The SMILES string of the molecule is CC(C)(C)c1cnncc1C(C)(C)CCC(C)(C)c1c[n+](CC(C)(C)c2cncnc2C(C)(C)C)cnc1C(C)(C)C. The summed E-state index contributed by atoms with van der Waals surface area (Å²) < 4.78 is 2.28. The summed E-state index contributed by atoms with van der Waals surface area (Å²) in [5, 5.41) is 8.52. The summed E-state index contributed by atoms with van der Waals surface area (Å²) in [6.07, 6.45) is 14.0. The normalized spacial score (nSPS) is 13.9. The first-order chi connectivity index (χ1) is 19.0. The second kappa shape index (κ2) is 11.4. The zero-order chi connectivity index (χ0) is 31.9. The zero-order valence-electron chi connectivity index (χ0n) is 29.3. The molecule has 0 bridgehead atoms. The molecule has 230 valence electrons. The minimum atomic E-state index is -0.180. The third-order valence-corrected chi connectivity index (χ3v) is 8.70. The van der Waals surface area contributed by atoms with E-state index in [1.54, 1.807) is 6.33 Å². The topological polar surface area (TPSA) is 68.3 Å². The van der Waals surface area contributed by atoms with Gasteiger partial charge in [0.15, 0.2) is 5.69 Å². The molecule has 0 aliphatic rings. The average Bonchev–Trinajstić information content (AvgIpc) is 2.86. The Hall–Kier alpha value is -2.76. The molecule has 3 rings (SSSR count). The first-order valence-corrected chi connectivity index (χ1v) is 15.5. The van der Waals surface area contributed by atoms with Gasteiger partial charge in [-0.15, -0.1) is 0 Å². The second-order valence-corrected chi connectivity index (χ2v) is 17.3. The minimum Gasteiger partial charge on any atom is -0.244 e. The Labute approximate surface area is 256 Å². The number of hydrogen-bond acceptors (Lipinski definition) is 5. The van der Waals surface area contributed by atoms with E-state index in [-0.39, 0.29) is 32.5 Å². The molecule has 0 saturated heterocycles. The summed E-state index contributed by atoms with van der Waals surface area (Å²) in [4.78, 5) is 14.3. The molecule has 0 atom stereocenters. The summed E-state index contributed by atoms with van der Waals surface area (Å²) in [6, 6.07) is 0. The fraction of sp³-hybridized carbons (Fsp3) is 0.667. The maximum atomic E-state index is 5.13. The van der Waals surface area contributed by atoms with Crippen LogP contribution in [0.5, 0.6) is 0 Å². The van der Waals surface area contributed by atoms with Gasteiger partial charge in [0, 0.05) is 33.6 Å². The summed E-state index contributed by atoms with van der Waals surface area (Å²) in [7, 11) is 0. The summed E-state index contributed by atoms with van der Waals surface area (Å²) in [5.74, 6) is 0. The molecule has 0 amide bonds. The molecule has 0 unspecified atom stereocenters. The van der Waals surface area contributed by atoms with E-state index < -0.39 is 0 Å². The Kier molecular flexibility index (Phi) is 9.15. The molecule has 42 heavy (non-hydrogen) atoms. The van der Waals surface area contributed by atoms with Crippen LogP contribution >= 0.6 is 0 Å². The molecule has 0 saturated carbocycles. The monoisotopic (exact) mass is 573 g/mol. The largest absolute Gasteiger partial charge is 0.286 e. The molecule has 0 aliphatic heterocycles. The standard InChI is InChI=1S/C36H57N6/c1-31(2,3)25-19-40-41-20-26(25)34(10,11)16-17-35(12,13)28-21-42(24-39-30(28)33(7,8)9)22-36(14,15)27-18-37-23-38-29(27)32(4,5)6/h18-21,23-24H,16-17,22H2,1-15H3/q+1. The van der Waals surface area contributed by atoms with E-state index >= 15 is 0 Å². The maximum Gasteiger partial charge on any atom is 0.286 e. The van der Waals surface area contributed by atoms with Gasteiger partial charge in [0.05, 0.1) is 30.8 Å². The Balaban J connectivity index is 2.00. The third-order valence-electron chi connectivity index (χ3n) is 8.70. The highest BCUT2D eigenvalue weighted by atomic mass is 15.1. The highest BCUT2D eigenvalue weighted by Gasteiger charge is 2.38. The Bertz CT molecular complexity index is 1380. The van der Waals surface area contributed by atoms with Crippen LogP contribution in [0.3, 0.4) is 0 Å². The van der Waals surface area contributed by atoms with E-state index in [0.29, 0.717) is 0 Å². The van der Waals surface area contributed by atoms with Crippen LogP contribution in [-0.2, 0) is 39.0 Å². The fourth-order valence-corrected chi connectivity index (χ4v) is 5.96. The molecule has 0 fully saturated rings. The van der Waals surface area contributed by atoms with Crippen molar-refractivity contribution in [3.05, 3.63) is 71.1 Å². The molecular weight excluding hydrogens is 516 g/mol. The predicted molar refractivity (Wildman–Crippen MR) is 173 cm³/mol. The van der Waals surface area contributed by atoms with E-state index in [1.807, 2.05) is 24.9 Å². The Morgan fingerprint density at radius 1 is 0.524 bits per heavy atom. The number of nitrogens with zero attached hydrogens (tertiary/aromatic N) is 6. The lowest BCUT2D eigenvalue weighted by molar-refractivity contribution is -0.707. The molecule has 3 heterocycles. The van der Waals surface area contributed by atoms with Crippen LogP contribution in [0.4, 0.5) is 0 Å². The molecule has 3 aromatic rings. The Morgan fingerprint density at radius 2 is 1.02 bits per heavy atom. The van der Waals surface area contributed by atoms with Crippen molar-refractivity contribution >= 4 is 0 Å². The van der Waals surface area contributed by atoms with Gasteiger partial charge in [-0.1, -0.05) is 109 Å². The molecule has 3 aromatic heterocycles. The minimum absolute atomic E-state index is 0.00973. The van der Waals surface area contributed by atoms with Gasteiger partial charge in [-0.2, -0.15) is 10.2 Å². The number of rotatable bonds is 8. The van der Waals surface area contributed by atoms with Gasteiger partial charge in [0.25, 0.3) is 6.33 Å². The van der Waals surface area contributed by atoms with Crippen molar-refractivity contribution in [2.75, 3.05) is 0 Å².